The van der Waals surface area contributed by atoms with Crippen molar-refractivity contribution in [3.8, 4) is 0 Å². The summed E-state index contributed by atoms with van der Waals surface area (Å²) in [7, 11) is 0. The summed E-state index contributed by atoms with van der Waals surface area (Å²) in [5, 5.41) is 11.8. The zero-order chi connectivity index (χ0) is 17.7. The first-order chi connectivity index (χ1) is 11.3. The summed E-state index contributed by atoms with van der Waals surface area (Å²) in [5.41, 5.74) is 1.13. The van der Waals surface area contributed by atoms with E-state index in [1.807, 2.05) is 13.8 Å². The monoisotopic (exact) mass is 329 g/mol. The van der Waals surface area contributed by atoms with Crippen molar-refractivity contribution in [2.75, 3.05) is 0 Å². The van der Waals surface area contributed by atoms with E-state index >= 15 is 0 Å². The molecule has 5 heteroatoms. The first-order valence-corrected chi connectivity index (χ1v) is 7.67. The van der Waals surface area contributed by atoms with Crippen LogP contribution >= 0.6 is 0 Å². The van der Waals surface area contributed by atoms with Gasteiger partial charge >= 0.3 is 5.97 Å². The number of hydrogen-bond donors (Lipinski definition) is 2. The van der Waals surface area contributed by atoms with E-state index in [4.69, 9.17) is 5.11 Å². The highest BCUT2D eigenvalue weighted by atomic mass is 19.1. The Morgan fingerprint density at radius 2 is 1.79 bits per heavy atom. The maximum absolute atomic E-state index is 13.3. The molecule has 0 aromatic heterocycles. The third kappa shape index (κ3) is 4.65. The van der Waals surface area contributed by atoms with E-state index < -0.39 is 11.5 Å². The first-order valence-electron chi connectivity index (χ1n) is 7.67. The first kappa shape index (κ1) is 17.7. The fourth-order valence-corrected chi connectivity index (χ4v) is 2.43. The Bertz CT molecular complexity index is 739. The van der Waals surface area contributed by atoms with Gasteiger partial charge in [0.15, 0.2) is 0 Å². The lowest BCUT2D eigenvalue weighted by Crippen LogP contribution is -2.41. The van der Waals surface area contributed by atoms with Crippen molar-refractivity contribution in [2.45, 2.75) is 32.2 Å². The summed E-state index contributed by atoms with van der Waals surface area (Å²) in [4.78, 5) is 23.0. The largest absolute Gasteiger partial charge is 0.478 e. The molecule has 0 atom stereocenters. The van der Waals surface area contributed by atoms with Gasteiger partial charge in [-0.25, -0.2) is 9.18 Å². The number of halogens is 1. The molecule has 1 amide bonds. The lowest BCUT2D eigenvalue weighted by molar-refractivity contribution is -0.122. The minimum absolute atomic E-state index is 0.147. The van der Waals surface area contributed by atoms with Gasteiger partial charge in [-0.2, -0.15) is 0 Å². The molecule has 2 N–H and O–H groups in total. The van der Waals surface area contributed by atoms with Gasteiger partial charge in [0.1, 0.15) is 5.82 Å². The van der Waals surface area contributed by atoms with Crippen LogP contribution in [0.3, 0.4) is 0 Å². The standard InChI is InChI=1S/C19H20FNO3/c1-19(2,15-4-3-5-16(20)12-15)21-17(22)11-8-13-6-9-14(10-7-13)18(23)24/h3-7,9-10,12H,8,11H2,1-2H3,(H,21,22)(H,23,24). The van der Waals surface area contributed by atoms with Gasteiger partial charge in [0.25, 0.3) is 0 Å². The lowest BCUT2D eigenvalue weighted by atomic mass is 9.94. The Morgan fingerprint density at radius 1 is 1.12 bits per heavy atom. The fourth-order valence-electron chi connectivity index (χ4n) is 2.43. The van der Waals surface area contributed by atoms with Crippen LogP contribution in [-0.2, 0) is 16.8 Å². The van der Waals surface area contributed by atoms with Crippen molar-refractivity contribution in [3.05, 3.63) is 71.0 Å². The van der Waals surface area contributed by atoms with Gasteiger partial charge in [0.2, 0.25) is 5.91 Å². The lowest BCUT2D eigenvalue weighted by Gasteiger charge is -2.27. The van der Waals surface area contributed by atoms with E-state index in [0.29, 0.717) is 12.0 Å². The molecule has 0 saturated carbocycles. The van der Waals surface area contributed by atoms with Crippen LogP contribution in [0, 0.1) is 5.82 Å². The number of carboxylic acid groups (broad SMARTS) is 1. The van der Waals surface area contributed by atoms with Crippen molar-refractivity contribution in [1.82, 2.24) is 5.32 Å². The van der Waals surface area contributed by atoms with Crippen LogP contribution in [0.25, 0.3) is 0 Å². The quantitative estimate of drug-likeness (QED) is 0.852. The number of benzene rings is 2. The second-order valence-electron chi connectivity index (χ2n) is 6.19. The number of aryl methyl sites for hydroxylation is 1. The Balaban J connectivity index is 1.94. The van der Waals surface area contributed by atoms with Crippen LogP contribution in [0.1, 0.15) is 41.8 Å². The minimum atomic E-state index is -0.976. The van der Waals surface area contributed by atoms with Crippen LogP contribution in [0.15, 0.2) is 48.5 Å². The van der Waals surface area contributed by atoms with Crippen LogP contribution in [0.2, 0.25) is 0 Å². The fraction of sp³-hybridized carbons (Fsp3) is 0.263. The minimum Gasteiger partial charge on any atom is -0.478 e. The number of hydrogen-bond acceptors (Lipinski definition) is 2. The molecule has 2 aromatic carbocycles. The predicted molar refractivity (Wildman–Crippen MR) is 89.3 cm³/mol. The van der Waals surface area contributed by atoms with Crippen LogP contribution in [0.4, 0.5) is 4.39 Å². The number of carbonyl (C=O) groups is 2. The van der Waals surface area contributed by atoms with Gasteiger partial charge in [0, 0.05) is 6.42 Å². The number of carbonyl (C=O) groups excluding carboxylic acids is 1. The van der Waals surface area contributed by atoms with Gasteiger partial charge in [-0.15, -0.1) is 0 Å². The van der Waals surface area contributed by atoms with E-state index in [2.05, 4.69) is 5.32 Å². The average molecular weight is 329 g/mol. The highest BCUT2D eigenvalue weighted by Gasteiger charge is 2.23. The summed E-state index contributed by atoms with van der Waals surface area (Å²) in [5.74, 6) is -1.46. The highest BCUT2D eigenvalue weighted by molar-refractivity contribution is 5.87. The summed E-state index contributed by atoms with van der Waals surface area (Å²) in [6.07, 6.45) is 0.774. The van der Waals surface area contributed by atoms with Gasteiger partial charge < -0.3 is 10.4 Å². The van der Waals surface area contributed by atoms with Crippen molar-refractivity contribution in [3.63, 3.8) is 0 Å². The molecule has 0 fully saturated rings. The predicted octanol–water partition coefficient (Wildman–Crippen LogP) is 3.51. The second kappa shape index (κ2) is 7.25. The summed E-state index contributed by atoms with van der Waals surface area (Å²) in [6, 6.07) is 12.6. The van der Waals surface area contributed by atoms with Gasteiger partial charge in [0.05, 0.1) is 11.1 Å². The smallest absolute Gasteiger partial charge is 0.335 e. The number of aromatic carboxylic acids is 1. The van der Waals surface area contributed by atoms with Crippen LogP contribution in [0.5, 0.6) is 0 Å². The Hall–Kier alpha value is -2.69. The SMILES string of the molecule is CC(C)(NC(=O)CCc1ccc(C(=O)O)cc1)c1cccc(F)c1. The summed E-state index contributed by atoms with van der Waals surface area (Å²) in [6.45, 7) is 3.64. The molecule has 0 bridgehead atoms. The highest BCUT2D eigenvalue weighted by Crippen LogP contribution is 2.21. The molecule has 0 spiro atoms. The molecule has 0 unspecified atom stereocenters. The molecule has 0 saturated heterocycles. The molecular weight excluding hydrogens is 309 g/mol. The topological polar surface area (TPSA) is 66.4 Å². The normalized spacial score (nSPS) is 11.1. The summed E-state index contributed by atoms with van der Waals surface area (Å²) >= 11 is 0. The van der Waals surface area contributed by atoms with Crippen LogP contribution in [-0.4, -0.2) is 17.0 Å². The van der Waals surface area contributed by atoms with E-state index in [0.717, 1.165) is 5.56 Å². The molecule has 0 aliphatic heterocycles. The van der Waals surface area contributed by atoms with Crippen molar-refractivity contribution < 1.29 is 19.1 Å². The van der Waals surface area contributed by atoms with E-state index in [9.17, 15) is 14.0 Å². The summed E-state index contributed by atoms with van der Waals surface area (Å²) < 4.78 is 13.3. The van der Waals surface area contributed by atoms with Gasteiger partial charge in [-0.05, 0) is 55.7 Å². The van der Waals surface area contributed by atoms with Crippen molar-refractivity contribution in [1.29, 1.82) is 0 Å². The van der Waals surface area contributed by atoms with Gasteiger partial charge in [-0.1, -0.05) is 24.3 Å². The molecule has 126 valence electrons. The Labute approximate surface area is 140 Å². The number of carboxylic acids is 1. The molecular formula is C19H20FNO3. The zero-order valence-corrected chi connectivity index (χ0v) is 13.7. The second-order valence-corrected chi connectivity index (χ2v) is 6.19. The van der Waals surface area contributed by atoms with E-state index in [1.54, 1.807) is 24.3 Å². The molecule has 0 aliphatic carbocycles. The van der Waals surface area contributed by atoms with Crippen molar-refractivity contribution >= 4 is 11.9 Å². The molecule has 0 heterocycles. The Morgan fingerprint density at radius 3 is 2.38 bits per heavy atom. The maximum Gasteiger partial charge on any atom is 0.335 e. The molecule has 0 aliphatic rings. The average Bonchev–Trinajstić information content (AvgIpc) is 2.53. The number of rotatable bonds is 6. The van der Waals surface area contributed by atoms with Gasteiger partial charge in [-0.3, -0.25) is 4.79 Å². The maximum atomic E-state index is 13.3. The number of nitrogens with one attached hydrogen (secondary N) is 1. The third-order valence-corrected chi connectivity index (χ3v) is 3.84. The van der Waals surface area contributed by atoms with Crippen molar-refractivity contribution in [2.24, 2.45) is 0 Å². The Kier molecular flexibility index (Phi) is 5.34. The molecule has 2 aromatic rings. The molecule has 24 heavy (non-hydrogen) atoms. The van der Waals surface area contributed by atoms with E-state index in [-0.39, 0.29) is 23.7 Å². The molecule has 0 radical (unpaired) electrons. The molecule has 2 rings (SSSR count). The van der Waals surface area contributed by atoms with Crippen LogP contribution < -0.4 is 5.32 Å². The molecule has 4 nitrogen and oxygen atoms in total. The zero-order valence-electron chi connectivity index (χ0n) is 13.7. The van der Waals surface area contributed by atoms with E-state index in [1.165, 1.54) is 24.3 Å². The third-order valence-electron chi connectivity index (χ3n) is 3.84. The number of amides is 1.